The Morgan fingerprint density at radius 3 is 1.75 bits per heavy atom. The lowest BCUT2D eigenvalue weighted by molar-refractivity contribution is -0.152. The molecule has 0 spiro atoms. The van der Waals surface area contributed by atoms with Gasteiger partial charge in [0, 0.05) is 12.5 Å². The average Bonchev–Trinajstić information content (AvgIpc) is 2.42. The highest BCUT2D eigenvalue weighted by molar-refractivity contribution is 5.84. The zero-order chi connectivity index (χ0) is 15.3. The van der Waals surface area contributed by atoms with Crippen LogP contribution in [0.5, 0.6) is 17.2 Å². The lowest BCUT2D eigenvalue weighted by Crippen LogP contribution is -2.16. The Balaban J connectivity index is 3.35. The number of ether oxygens (including phenoxy) is 4. The maximum atomic E-state index is 11.6. The Kier molecular flexibility index (Phi) is 5.37. The molecule has 0 fully saturated rings. The standard InChI is InChI=1S/C14H18O6/c1-8(15)13(20-9(2)16)10-6-11(17-3)14(19-5)12(7-10)18-4/h6-7,13H,1-5H3. The van der Waals surface area contributed by atoms with Crippen molar-refractivity contribution in [3.63, 3.8) is 0 Å². The van der Waals surface area contributed by atoms with Crippen molar-refractivity contribution in [1.29, 1.82) is 0 Å². The van der Waals surface area contributed by atoms with Gasteiger partial charge in [0.25, 0.3) is 0 Å². The summed E-state index contributed by atoms with van der Waals surface area (Å²) in [4.78, 5) is 22.7. The van der Waals surface area contributed by atoms with E-state index in [0.717, 1.165) is 0 Å². The van der Waals surface area contributed by atoms with Crippen LogP contribution in [-0.2, 0) is 14.3 Å². The van der Waals surface area contributed by atoms with Crippen LogP contribution >= 0.6 is 0 Å². The van der Waals surface area contributed by atoms with Crippen LogP contribution in [-0.4, -0.2) is 33.1 Å². The fraction of sp³-hybridized carbons (Fsp3) is 0.429. The molecule has 1 unspecified atom stereocenters. The number of carbonyl (C=O) groups is 2. The van der Waals surface area contributed by atoms with Gasteiger partial charge in [0.05, 0.1) is 21.3 Å². The van der Waals surface area contributed by atoms with Crippen molar-refractivity contribution in [3.8, 4) is 17.2 Å². The van der Waals surface area contributed by atoms with Gasteiger partial charge in [0.1, 0.15) is 0 Å². The second kappa shape index (κ2) is 6.79. The first kappa shape index (κ1) is 15.8. The molecule has 0 aliphatic carbocycles. The van der Waals surface area contributed by atoms with Crippen LogP contribution in [0, 0.1) is 0 Å². The summed E-state index contributed by atoms with van der Waals surface area (Å²) >= 11 is 0. The van der Waals surface area contributed by atoms with Gasteiger partial charge in [-0.05, 0) is 19.1 Å². The van der Waals surface area contributed by atoms with E-state index in [1.54, 1.807) is 12.1 Å². The summed E-state index contributed by atoms with van der Waals surface area (Å²) in [6.07, 6.45) is -0.999. The van der Waals surface area contributed by atoms with E-state index in [0.29, 0.717) is 22.8 Å². The number of rotatable bonds is 6. The molecule has 1 aromatic rings. The summed E-state index contributed by atoms with van der Waals surface area (Å²) in [5.74, 6) is 0.345. The number of methoxy groups -OCH3 is 3. The van der Waals surface area contributed by atoms with E-state index in [1.165, 1.54) is 35.2 Å². The van der Waals surface area contributed by atoms with Crippen molar-refractivity contribution in [2.45, 2.75) is 20.0 Å². The summed E-state index contributed by atoms with van der Waals surface area (Å²) in [7, 11) is 4.42. The maximum absolute atomic E-state index is 11.6. The molecule has 0 saturated carbocycles. The quantitative estimate of drug-likeness (QED) is 0.742. The van der Waals surface area contributed by atoms with Crippen LogP contribution in [0.25, 0.3) is 0 Å². The van der Waals surface area contributed by atoms with Gasteiger partial charge in [0.15, 0.2) is 23.4 Å². The summed E-state index contributed by atoms with van der Waals surface area (Å²) in [5.41, 5.74) is 0.460. The number of hydrogen-bond donors (Lipinski definition) is 0. The molecular formula is C14H18O6. The Hall–Kier alpha value is -2.24. The molecule has 0 bridgehead atoms. The highest BCUT2D eigenvalue weighted by Gasteiger charge is 2.24. The van der Waals surface area contributed by atoms with Gasteiger partial charge < -0.3 is 18.9 Å². The first-order chi connectivity index (χ1) is 9.44. The summed E-state index contributed by atoms with van der Waals surface area (Å²) in [6.45, 7) is 2.59. The molecule has 20 heavy (non-hydrogen) atoms. The van der Waals surface area contributed by atoms with Crippen molar-refractivity contribution in [2.24, 2.45) is 0 Å². The predicted molar refractivity (Wildman–Crippen MR) is 71.3 cm³/mol. The van der Waals surface area contributed by atoms with Gasteiger partial charge in [-0.25, -0.2) is 0 Å². The maximum Gasteiger partial charge on any atom is 0.303 e. The molecule has 1 aromatic carbocycles. The molecule has 0 aromatic heterocycles. The van der Waals surface area contributed by atoms with E-state index < -0.39 is 12.1 Å². The fourth-order valence-electron chi connectivity index (χ4n) is 1.80. The monoisotopic (exact) mass is 282 g/mol. The molecule has 0 N–H and O–H groups in total. The zero-order valence-corrected chi connectivity index (χ0v) is 12.2. The van der Waals surface area contributed by atoms with Gasteiger partial charge in [-0.1, -0.05) is 0 Å². The normalized spacial score (nSPS) is 11.4. The SMILES string of the molecule is COc1cc(C(OC(C)=O)C(C)=O)cc(OC)c1OC. The molecule has 0 saturated heterocycles. The lowest BCUT2D eigenvalue weighted by Gasteiger charge is -2.18. The first-order valence-electron chi connectivity index (χ1n) is 5.92. The van der Waals surface area contributed by atoms with Gasteiger partial charge in [0.2, 0.25) is 5.75 Å². The molecule has 0 heterocycles. The van der Waals surface area contributed by atoms with E-state index in [9.17, 15) is 9.59 Å². The van der Waals surface area contributed by atoms with E-state index in [4.69, 9.17) is 18.9 Å². The second-order valence-electron chi connectivity index (χ2n) is 4.06. The fourth-order valence-corrected chi connectivity index (χ4v) is 1.80. The van der Waals surface area contributed by atoms with E-state index in [-0.39, 0.29) is 5.78 Å². The molecular weight excluding hydrogens is 264 g/mol. The van der Waals surface area contributed by atoms with Crippen molar-refractivity contribution in [1.82, 2.24) is 0 Å². The lowest BCUT2D eigenvalue weighted by atomic mass is 10.0. The topological polar surface area (TPSA) is 71.1 Å². The van der Waals surface area contributed by atoms with Crippen molar-refractivity contribution in [3.05, 3.63) is 17.7 Å². The van der Waals surface area contributed by atoms with Gasteiger partial charge in [-0.2, -0.15) is 0 Å². The smallest absolute Gasteiger partial charge is 0.303 e. The Labute approximate surface area is 117 Å². The summed E-state index contributed by atoms with van der Waals surface area (Å²) < 4.78 is 20.6. The van der Waals surface area contributed by atoms with Crippen LogP contribution in [0.3, 0.4) is 0 Å². The van der Waals surface area contributed by atoms with Crippen LogP contribution in [0.2, 0.25) is 0 Å². The van der Waals surface area contributed by atoms with Crippen molar-refractivity contribution in [2.75, 3.05) is 21.3 Å². The molecule has 0 radical (unpaired) electrons. The molecule has 6 nitrogen and oxygen atoms in total. The zero-order valence-electron chi connectivity index (χ0n) is 12.2. The van der Waals surface area contributed by atoms with Gasteiger partial charge >= 0.3 is 5.97 Å². The van der Waals surface area contributed by atoms with Crippen LogP contribution < -0.4 is 14.2 Å². The number of esters is 1. The first-order valence-corrected chi connectivity index (χ1v) is 5.92. The number of ketones is 1. The minimum Gasteiger partial charge on any atom is -0.493 e. The highest BCUT2D eigenvalue weighted by atomic mass is 16.5. The third kappa shape index (κ3) is 3.40. The minimum absolute atomic E-state index is 0.297. The largest absolute Gasteiger partial charge is 0.493 e. The van der Waals surface area contributed by atoms with Crippen LogP contribution in [0.4, 0.5) is 0 Å². The van der Waals surface area contributed by atoms with Crippen LogP contribution in [0.15, 0.2) is 12.1 Å². The summed E-state index contributed by atoms with van der Waals surface area (Å²) in [5, 5.41) is 0. The molecule has 0 aliphatic rings. The molecule has 1 atom stereocenters. The summed E-state index contributed by atoms with van der Waals surface area (Å²) in [6, 6.07) is 3.16. The molecule has 6 heteroatoms. The number of hydrogen-bond acceptors (Lipinski definition) is 6. The van der Waals surface area contributed by atoms with Gasteiger partial charge in [-0.15, -0.1) is 0 Å². The van der Waals surface area contributed by atoms with Crippen molar-refractivity contribution < 1.29 is 28.5 Å². The molecule has 0 amide bonds. The number of carbonyl (C=O) groups excluding carboxylic acids is 2. The molecule has 110 valence electrons. The Morgan fingerprint density at radius 2 is 1.45 bits per heavy atom. The van der Waals surface area contributed by atoms with E-state index in [1.807, 2.05) is 0 Å². The van der Waals surface area contributed by atoms with Gasteiger partial charge in [-0.3, -0.25) is 9.59 Å². The van der Waals surface area contributed by atoms with E-state index in [2.05, 4.69) is 0 Å². The number of Topliss-reactive ketones (excluding diaryl/α,β-unsaturated/α-hetero) is 1. The third-order valence-electron chi connectivity index (χ3n) is 2.64. The molecule has 1 rings (SSSR count). The predicted octanol–water partition coefficient (Wildman–Crippen LogP) is 1.91. The second-order valence-corrected chi connectivity index (χ2v) is 4.06. The Bertz CT molecular complexity index is 483. The highest BCUT2D eigenvalue weighted by Crippen LogP contribution is 2.40. The molecule has 0 aliphatic heterocycles. The van der Waals surface area contributed by atoms with Crippen molar-refractivity contribution >= 4 is 11.8 Å². The third-order valence-corrected chi connectivity index (χ3v) is 2.64. The minimum atomic E-state index is -0.999. The van der Waals surface area contributed by atoms with E-state index >= 15 is 0 Å². The average molecular weight is 282 g/mol. The Morgan fingerprint density at radius 1 is 0.950 bits per heavy atom. The number of benzene rings is 1. The van der Waals surface area contributed by atoms with Crippen LogP contribution in [0.1, 0.15) is 25.5 Å².